The first-order valence-electron chi connectivity index (χ1n) is 13.2. The van der Waals surface area contributed by atoms with Crippen molar-refractivity contribution < 1.29 is 18.1 Å². The molecule has 0 aromatic rings. The van der Waals surface area contributed by atoms with Crippen LogP contribution in [0.1, 0.15) is 124 Å². The van der Waals surface area contributed by atoms with Crippen molar-refractivity contribution in [2.45, 2.75) is 130 Å². The van der Waals surface area contributed by atoms with Gasteiger partial charge in [-0.25, -0.2) is 0 Å². The fourth-order valence-corrected chi connectivity index (χ4v) is 7.36. The van der Waals surface area contributed by atoms with Crippen molar-refractivity contribution in [3.8, 4) is 0 Å². The summed E-state index contributed by atoms with van der Waals surface area (Å²) in [6.45, 7) is 10.2. The van der Waals surface area contributed by atoms with Crippen molar-refractivity contribution >= 4 is 25.7 Å². The second kappa shape index (κ2) is 23.3. The summed E-state index contributed by atoms with van der Waals surface area (Å²) in [5, 5.41) is 0.373. The van der Waals surface area contributed by atoms with Gasteiger partial charge in [-0.05, 0) is 40.0 Å². The van der Waals surface area contributed by atoms with Gasteiger partial charge in [-0.15, -0.1) is 0 Å². The molecule has 0 aliphatic heterocycles. The number of carbonyl (C=O) groups is 1. The van der Waals surface area contributed by atoms with Crippen LogP contribution in [-0.2, 0) is 18.1 Å². The van der Waals surface area contributed by atoms with E-state index in [0.29, 0.717) is 24.9 Å². The quantitative estimate of drug-likeness (QED) is 0.104. The molecule has 4 nitrogen and oxygen atoms in total. The summed E-state index contributed by atoms with van der Waals surface area (Å²) in [5.41, 5.74) is 0. The highest BCUT2D eigenvalue weighted by Crippen LogP contribution is 2.21. The van der Waals surface area contributed by atoms with Crippen molar-refractivity contribution in [3.05, 3.63) is 0 Å². The third kappa shape index (κ3) is 19.3. The molecule has 0 spiro atoms. The van der Waals surface area contributed by atoms with Gasteiger partial charge < -0.3 is 13.3 Å². The van der Waals surface area contributed by atoms with E-state index in [1.165, 1.54) is 76.0 Å². The second-order valence-corrected chi connectivity index (χ2v) is 12.2. The molecule has 0 amide bonds. The molecule has 186 valence electrons. The van der Waals surface area contributed by atoms with Crippen molar-refractivity contribution in [1.82, 2.24) is 0 Å². The molecule has 0 fully saturated rings. The van der Waals surface area contributed by atoms with Gasteiger partial charge in [-0.2, -0.15) is 0 Å². The first kappa shape index (κ1) is 31.1. The van der Waals surface area contributed by atoms with Crippen LogP contribution >= 0.6 is 11.8 Å². The van der Waals surface area contributed by atoms with Crippen LogP contribution in [-0.4, -0.2) is 39.5 Å². The molecule has 6 heteroatoms. The third-order valence-electron chi connectivity index (χ3n) is 5.47. The summed E-state index contributed by atoms with van der Waals surface area (Å²) in [6.07, 6.45) is 18.6. The molecule has 0 N–H and O–H groups in total. The van der Waals surface area contributed by atoms with Crippen molar-refractivity contribution in [3.63, 3.8) is 0 Å². The van der Waals surface area contributed by atoms with E-state index in [4.69, 9.17) is 13.3 Å². The predicted octanol–water partition coefficient (Wildman–Crippen LogP) is 8.17. The zero-order chi connectivity index (χ0) is 23.0. The van der Waals surface area contributed by atoms with E-state index >= 15 is 0 Å². The number of carbonyl (C=O) groups excluding carboxylic acids is 1. The average molecular weight is 477 g/mol. The standard InChI is InChI=1S/C25H52O4SSi/c1-5-9-10-11-12-13-14-15-16-17-19-22-25(26)30-23-20-18-21-24-31(27-6-2,28-7-3)29-8-4/h5-24H2,1-4H3. The molecule has 0 saturated heterocycles. The first-order valence-corrected chi connectivity index (χ1v) is 16.1. The van der Waals surface area contributed by atoms with Crippen molar-refractivity contribution in [2.24, 2.45) is 0 Å². The summed E-state index contributed by atoms with van der Waals surface area (Å²) < 4.78 is 17.7. The van der Waals surface area contributed by atoms with E-state index in [-0.39, 0.29) is 0 Å². The molecule has 0 bridgehead atoms. The number of hydrogen-bond donors (Lipinski definition) is 0. The minimum atomic E-state index is -2.49. The Morgan fingerprint density at radius 3 is 1.55 bits per heavy atom. The normalized spacial score (nSPS) is 11.9. The fourth-order valence-electron chi connectivity index (χ4n) is 3.81. The van der Waals surface area contributed by atoms with Crippen LogP contribution in [0.5, 0.6) is 0 Å². The largest absolute Gasteiger partial charge is 0.500 e. The molecule has 0 aliphatic carbocycles. The fraction of sp³-hybridized carbons (Fsp3) is 0.960. The van der Waals surface area contributed by atoms with Gasteiger partial charge in [0.05, 0.1) is 0 Å². The Hall–Kier alpha value is 0.117. The van der Waals surface area contributed by atoms with Crippen LogP contribution in [0.25, 0.3) is 0 Å². The Balaban J connectivity index is 3.59. The molecular formula is C25H52O4SSi. The average Bonchev–Trinajstić information content (AvgIpc) is 2.75. The maximum absolute atomic E-state index is 12.1. The van der Waals surface area contributed by atoms with Crippen LogP contribution in [0.2, 0.25) is 6.04 Å². The van der Waals surface area contributed by atoms with E-state index in [1.807, 2.05) is 20.8 Å². The van der Waals surface area contributed by atoms with Crippen molar-refractivity contribution in [2.75, 3.05) is 25.6 Å². The van der Waals surface area contributed by atoms with Gasteiger partial charge in [0.15, 0.2) is 5.12 Å². The second-order valence-electron chi connectivity index (χ2n) is 8.30. The zero-order valence-corrected chi connectivity index (χ0v) is 23.0. The maximum Gasteiger partial charge on any atom is 0.500 e. The molecule has 0 rings (SSSR count). The van der Waals surface area contributed by atoms with Gasteiger partial charge in [0.1, 0.15) is 0 Å². The third-order valence-corrected chi connectivity index (χ3v) is 9.64. The molecule has 31 heavy (non-hydrogen) atoms. The Kier molecular flexibility index (Phi) is 23.4. The first-order chi connectivity index (χ1) is 15.1. The van der Waals surface area contributed by atoms with Crippen LogP contribution in [0.4, 0.5) is 0 Å². The van der Waals surface area contributed by atoms with E-state index in [1.54, 1.807) is 0 Å². The topological polar surface area (TPSA) is 44.8 Å². The van der Waals surface area contributed by atoms with Crippen LogP contribution < -0.4 is 0 Å². The van der Waals surface area contributed by atoms with E-state index in [9.17, 15) is 4.79 Å². The minimum Gasteiger partial charge on any atom is -0.374 e. The lowest BCUT2D eigenvalue weighted by Gasteiger charge is -2.28. The highest BCUT2D eigenvalue weighted by molar-refractivity contribution is 8.13. The number of hydrogen-bond acceptors (Lipinski definition) is 5. The van der Waals surface area contributed by atoms with Gasteiger partial charge in [0.2, 0.25) is 0 Å². The molecular weight excluding hydrogens is 424 g/mol. The summed E-state index contributed by atoms with van der Waals surface area (Å²) >= 11 is 1.53. The molecule has 0 radical (unpaired) electrons. The highest BCUT2D eigenvalue weighted by atomic mass is 32.2. The lowest BCUT2D eigenvalue weighted by molar-refractivity contribution is -0.111. The van der Waals surface area contributed by atoms with Crippen LogP contribution in [0.3, 0.4) is 0 Å². The summed E-state index contributed by atoms with van der Waals surface area (Å²) in [5.74, 6) is 0.934. The molecule has 0 heterocycles. The Labute approximate surface area is 199 Å². The van der Waals surface area contributed by atoms with Gasteiger partial charge >= 0.3 is 8.80 Å². The Morgan fingerprint density at radius 2 is 1.06 bits per heavy atom. The maximum atomic E-state index is 12.1. The monoisotopic (exact) mass is 476 g/mol. The van der Waals surface area contributed by atoms with Gasteiger partial charge in [0, 0.05) is 38.0 Å². The summed E-state index contributed by atoms with van der Waals surface area (Å²) in [4.78, 5) is 12.1. The SMILES string of the molecule is CCCCCCCCCCCCCC(=O)SCCCCC[Si](OCC)(OCC)OCC. The van der Waals surface area contributed by atoms with E-state index in [0.717, 1.165) is 43.9 Å². The summed E-state index contributed by atoms with van der Waals surface area (Å²) in [7, 11) is -2.49. The van der Waals surface area contributed by atoms with E-state index < -0.39 is 8.80 Å². The van der Waals surface area contributed by atoms with E-state index in [2.05, 4.69) is 6.92 Å². The van der Waals surface area contributed by atoms with Crippen molar-refractivity contribution in [1.29, 1.82) is 0 Å². The number of unbranched alkanes of at least 4 members (excludes halogenated alkanes) is 12. The number of rotatable bonds is 24. The molecule has 0 atom stereocenters. The van der Waals surface area contributed by atoms with Gasteiger partial charge in [-0.3, -0.25) is 4.79 Å². The highest BCUT2D eigenvalue weighted by Gasteiger charge is 2.39. The smallest absolute Gasteiger partial charge is 0.374 e. The lowest BCUT2D eigenvalue weighted by Crippen LogP contribution is -2.45. The minimum absolute atomic E-state index is 0.373. The molecule has 0 saturated carbocycles. The number of thioether (sulfide) groups is 1. The van der Waals surface area contributed by atoms with Gasteiger partial charge in [0.25, 0.3) is 0 Å². The lowest BCUT2D eigenvalue weighted by atomic mass is 10.1. The van der Waals surface area contributed by atoms with Gasteiger partial charge in [-0.1, -0.05) is 89.3 Å². The molecule has 0 unspecified atom stereocenters. The van der Waals surface area contributed by atoms with Crippen LogP contribution in [0.15, 0.2) is 0 Å². The Morgan fingerprint density at radius 1 is 0.613 bits per heavy atom. The molecule has 0 aromatic carbocycles. The zero-order valence-electron chi connectivity index (χ0n) is 21.2. The van der Waals surface area contributed by atoms with Crippen LogP contribution in [0, 0.1) is 0 Å². The summed E-state index contributed by atoms with van der Waals surface area (Å²) in [6, 6.07) is 0.875. The molecule has 0 aliphatic rings. The Bertz CT molecular complexity index is 379. The molecule has 0 aromatic heterocycles. The predicted molar refractivity (Wildman–Crippen MR) is 138 cm³/mol.